The van der Waals surface area contributed by atoms with E-state index in [0.717, 1.165) is 24.4 Å². The molecule has 1 amide bonds. The minimum atomic E-state index is 0.124. The number of amides is 1. The lowest BCUT2D eigenvalue weighted by Gasteiger charge is -2.35. The SMILES string of the molecule is CCC1CCCCN1CCNC(=O)CC(C)c1ccccc1OC. The Kier molecular flexibility index (Phi) is 7.57. The molecule has 1 aliphatic rings. The number of benzene rings is 1. The van der Waals surface area contributed by atoms with Gasteiger partial charge in [-0.1, -0.05) is 38.5 Å². The maximum atomic E-state index is 12.2. The summed E-state index contributed by atoms with van der Waals surface area (Å²) in [6.45, 7) is 7.22. The molecule has 24 heavy (non-hydrogen) atoms. The van der Waals surface area contributed by atoms with Gasteiger partial charge in [-0.3, -0.25) is 9.69 Å². The van der Waals surface area contributed by atoms with Crippen LogP contribution in [-0.4, -0.2) is 43.6 Å². The normalized spacial score (nSPS) is 19.7. The molecule has 1 aromatic carbocycles. The molecular formula is C20H32N2O2. The summed E-state index contributed by atoms with van der Waals surface area (Å²) in [6.07, 6.45) is 5.64. The first-order chi connectivity index (χ1) is 11.7. The van der Waals surface area contributed by atoms with Gasteiger partial charge in [0.1, 0.15) is 5.75 Å². The van der Waals surface area contributed by atoms with Crippen molar-refractivity contribution in [3.63, 3.8) is 0 Å². The third-order valence-electron chi connectivity index (χ3n) is 5.10. The number of piperidine rings is 1. The van der Waals surface area contributed by atoms with Gasteiger partial charge in [0.05, 0.1) is 7.11 Å². The van der Waals surface area contributed by atoms with Gasteiger partial charge in [0.15, 0.2) is 0 Å². The molecule has 0 spiro atoms. The van der Waals surface area contributed by atoms with Crippen molar-refractivity contribution in [1.82, 2.24) is 10.2 Å². The van der Waals surface area contributed by atoms with Crippen molar-refractivity contribution < 1.29 is 9.53 Å². The predicted molar refractivity (Wildman–Crippen MR) is 98.5 cm³/mol. The number of nitrogens with zero attached hydrogens (tertiary/aromatic N) is 1. The van der Waals surface area contributed by atoms with Gasteiger partial charge in [-0.2, -0.15) is 0 Å². The van der Waals surface area contributed by atoms with Gasteiger partial charge in [0, 0.05) is 25.6 Å². The number of rotatable bonds is 8. The Morgan fingerprint density at radius 3 is 2.92 bits per heavy atom. The van der Waals surface area contributed by atoms with E-state index < -0.39 is 0 Å². The van der Waals surface area contributed by atoms with Crippen molar-refractivity contribution in [2.24, 2.45) is 0 Å². The van der Waals surface area contributed by atoms with Crippen molar-refractivity contribution in [3.05, 3.63) is 29.8 Å². The van der Waals surface area contributed by atoms with Gasteiger partial charge < -0.3 is 10.1 Å². The first-order valence-corrected chi connectivity index (χ1v) is 9.29. The lowest BCUT2D eigenvalue weighted by atomic mass is 9.96. The molecule has 0 saturated carbocycles. The highest BCUT2D eigenvalue weighted by Crippen LogP contribution is 2.28. The molecule has 1 fully saturated rings. The smallest absolute Gasteiger partial charge is 0.220 e. The number of hydrogen-bond acceptors (Lipinski definition) is 3. The fraction of sp³-hybridized carbons (Fsp3) is 0.650. The van der Waals surface area contributed by atoms with Gasteiger partial charge >= 0.3 is 0 Å². The summed E-state index contributed by atoms with van der Waals surface area (Å²) in [5.74, 6) is 1.13. The number of ether oxygens (including phenoxy) is 1. The van der Waals surface area contributed by atoms with Crippen LogP contribution in [-0.2, 0) is 4.79 Å². The molecule has 0 bridgehead atoms. The molecular weight excluding hydrogens is 300 g/mol. The van der Waals surface area contributed by atoms with Gasteiger partial charge in [-0.15, -0.1) is 0 Å². The summed E-state index contributed by atoms with van der Waals surface area (Å²) in [4.78, 5) is 14.8. The third-order valence-corrected chi connectivity index (χ3v) is 5.10. The van der Waals surface area contributed by atoms with E-state index in [9.17, 15) is 4.79 Å². The summed E-state index contributed by atoms with van der Waals surface area (Å²) in [5.41, 5.74) is 1.09. The van der Waals surface area contributed by atoms with Crippen LogP contribution in [0.3, 0.4) is 0 Å². The standard InChI is InChI=1S/C20H32N2O2/c1-4-17-9-7-8-13-22(17)14-12-21-20(23)15-16(2)18-10-5-6-11-19(18)24-3/h5-6,10-11,16-17H,4,7-9,12-15H2,1-3H3,(H,21,23). The van der Waals surface area contributed by atoms with Crippen LogP contribution in [0.1, 0.15) is 57.4 Å². The quantitative estimate of drug-likeness (QED) is 0.791. The maximum absolute atomic E-state index is 12.2. The van der Waals surface area contributed by atoms with Crippen molar-refractivity contribution in [2.45, 2.75) is 57.9 Å². The summed E-state index contributed by atoms with van der Waals surface area (Å²) in [6, 6.07) is 8.63. The molecule has 0 aromatic heterocycles. The summed E-state index contributed by atoms with van der Waals surface area (Å²) < 4.78 is 5.39. The minimum Gasteiger partial charge on any atom is -0.496 e. The van der Waals surface area contributed by atoms with Crippen LogP contribution in [0.5, 0.6) is 5.75 Å². The molecule has 0 aliphatic carbocycles. The number of nitrogens with one attached hydrogen (secondary N) is 1. The Labute approximate surface area is 146 Å². The second-order valence-electron chi connectivity index (χ2n) is 6.79. The molecule has 1 N–H and O–H groups in total. The Morgan fingerprint density at radius 2 is 2.17 bits per heavy atom. The molecule has 4 heteroatoms. The summed E-state index contributed by atoms with van der Waals surface area (Å²) in [7, 11) is 1.67. The van der Waals surface area contributed by atoms with E-state index in [-0.39, 0.29) is 11.8 Å². The van der Waals surface area contributed by atoms with Crippen LogP contribution in [0, 0.1) is 0 Å². The average Bonchev–Trinajstić information content (AvgIpc) is 2.62. The minimum absolute atomic E-state index is 0.124. The zero-order chi connectivity index (χ0) is 17.4. The highest BCUT2D eigenvalue weighted by molar-refractivity contribution is 5.77. The second kappa shape index (κ2) is 9.67. The lowest BCUT2D eigenvalue weighted by Crippen LogP contribution is -2.43. The molecule has 2 rings (SSSR count). The molecule has 1 aliphatic heterocycles. The highest BCUT2D eigenvalue weighted by Gasteiger charge is 2.20. The molecule has 2 unspecified atom stereocenters. The number of likely N-dealkylation sites (tertiary alicyclic amines) is 1. The largest absolute Gasteiger partial charge is 0.496 e. The lowest BCUT2D eigenvalue weighted by molar-refractivity contribution is -0.121. The second-order valence-corrected chi connectivity index (χ2v) is 6.79. The first-order valence-electron chi connectivity index (χ1n) is 9.29. The van der Waals surface area contributed by atoms with E-state index in [1.807, 2.05) is 24.3 Å². The van der Waals surface area contributed by atoms with Crippen LogP contribution in [0.25, 0.3) is 0 Å². The van der Waals surface area contributed by atoms with E-state index in [0.29, 0.717) is 12.5 Å². The van der Waals surface area contributed by atoms with E-state index in [1.165, 1.54) is 32.2 Å². The van der Waals surface area contributed by atoms with Crippen molar-refractivity contribution in [2.75, 3.05) is 26.7 Å². The van der Waals surface area contributed by atoms with Gasteiger partial charge in [-0.05, 0) is 43.4 Å². The molecule has 2 atom stereocenters. The molecule has 4 nitrogen and oxygen atoms in total. The van der Waals surface area contributed by atoms with Crippen LogP contribution in [0.15, 0.2) is 24.3 Å². The number of hydrogen-bond donors (Lipinski definition) is 1. The van der Waals surface area contributed by atoms with Gasteiger partial charge in [-0.25, -0.2) is 0 Å². The molecule has 1 aromatic rings. The number of para-hydroxylation sites is 1. The van der Waals surface area contributed by atoms with E-state index in [1.54, 1.807) is 7.11 Å². The summed E-state index contributed by atoms with van der Waals surface area (Å²) in [5, 5.41) is 3.09. The molecule has 134 valence electrons. The van der Waals surface area contributed by atoms with Crippen molar-refractivity contribution in [3.8, 4) is 5.75 Å². The van der Waals surface area contributed by atoms with Crippen molar-refractivity contribution in [1.29, 1.82) is 0 Å². The Bertz CT molecular complexity index is 518. The van der Waals surface area contributed by atoms with Crippen LogP contribution >= 0.6 is 0 Å². The zero-order valence-corrected chi connectivity index (χ0v) is 15.4. The van der Waals surface area contributed by atoms with Crippen LogP contribution < -0.4 is 10.1 Å². The van der Waals surface area contributed by atoms with Gasteiger partial charge in [0.25, 0.3) is 0 Å². The highest BCUT2D eigenvalue weighted by atomic mass is 16.5. The number of carbonyl (C=O) groups is 1. The Morgan fingerprint density at radius 1 is 1.38 bits per heavy atom. The summed E-state index contributed by atoms with van der Waals surface area (Å²) >= 11 is 0. The average molecular weight is 332 g/mol. The number of carbonyl (C=O) groups excluding carboxylic acids is 1. The third kappa shape index (κ3) is 5.23. The molecule has 1 heterocycles. The van der Waals surface area contributed by atoms with Crippen molar-refractivity contribution >= 4 is 5.91 Å². The zero-order valence-electron chi connectivity index (χ0n) is 15.4. The first kappa shape index (κ1) is 18.8. The van der Waals surface area contributed by atoms with Crippen LogP contribution in [0.2, 0.25) is 0 Å². The molecule has 1 saturated heterocycles. The fourth-order valence-electron chi connectivity index (χ4n) is 3.69. The monoisotopic (exact) mass is 332 g/mol. The fourth-order valence-corrected chi connectivity index (χ4v) is 3.69. The Balaban J connectivity index is 1.76. The Hall–Kier alpha value is -1.55. The molecule has 0 radical (unpaired) electrons. The van der Waals surface area contributed by atoms with E-state index in [4.69, 9.17) is 4.74 Å². The van der Waals surface area contributed by atoms with Crippen LogP contribution in [0.4, 0.5) is 0 Å². The maximum Gasteiger partial charge on any atom is 0.220 e. The van der Waals surface area contributed by atoms with E-state index in [2.05, 4.69) is 24.1 Å². The van der Waals surface area contributed by atoms with E-state index >= 15 is 0 Å². The number of methoxy groups -OCH3 is 1. The predicted octanol–water partition coefficient (Wildman–Crippen LogP) is 3.57. The topological polar surface area (TPSA) is 41.6 Å². The van der Waals surface area contributed by atoms with Gasteiger partial charge in [0.2, 0.25) is 5.91 Å².